The summed E-state index contributed by atoms with van der Waals surface area (Å²) in [7, 11) is 1.75. The molecular weight excluding hydrogens is 242 g/mol. The van der Waals surface area contributed by atoms with E-state index in [2.05, 4.69) is 4.99 Å². The second-order valence-corrected chi connectivity index (χ2v) is 4.42. The zero-order valence-electron chi connectivity index (χ0n) is 11.0. The summed E-state index contributed by atoms with van der Waals surface area (Å²) < 4.78 is 5.63. The first-order chi connectivity index (χ1) is 9.13. The van der Waals surface area contributed by atoms with Gasteiger partial charge in [-0.25, -0.2) is 0 Å². The summed E-state index contributed by atoms with van der Waals surface area (Å²) in [6, 6.07) is 5.50. The molecule has 2 N–H and O–H groups in total. The first-order valence-electron chi connectivity index (χ1n) is 6.09. The number of benzene rings is 1. The van der Waals surface area contributed by atoms with E-state index in [4.69, 9.17) is 10.5 Å². The van der Waals surface area contributed by atoms with Crippen molar-refractivity contribution >= 4 is 23.5 Å². The monoisotopic (exact) mass is 259 g/mol. The van der Waals surface area contributed by atoms with Crippen LogP contribution in [0.25, 0.3) is 0 Å². The molecule has 1 aliphatic heterocycles. The lowest BCUT2D eigenvalue weighted by Crippen LogP contribution is -2.31. The van der Waals surface area contributed by atoms with Gasteiger partial charge in [0, 0.05) is 13.3 Å². The third kappa shape index (κ3) is 2.76. The van der Waals surface area contributed by atoms with Crippen LogP contribution >= 0.6 is 0 Å². The van der Waals surface area contributed by atoms with Crippen molar-refractivity contribution < 1.29 is 9.53 Å². The Balaban J connectivity index is 2.36. The number of nitrogens with two attached hydrogens (primary N) is 1. The van der Waals surface area contributed by atoms with Gasteiger partial charge in [-0.1, -0.05) is 6.92 Å². The van der Waals surface area contributed by atoms with E-state index in [1.54, 1.807) is 24.2 Å². The Bertz CT molecular complexity index is 537. The fourth-order valence-corrected chi connectivity index (χ4v) is 1.88. The van der Waals surface area contributed by atoms with Gasteiger partial charge in [0.2, 0.25) is 5.91 Å². The zero-order chi connectivity index (χ0) is 13.8. The summed E-state index contributed by atoms with van der Waals surface area (Å²) >= 11 is 0. The van der Waals surface area contributed by atoms with E-state index in [9.17, 15) is 4.79 Å². The standard InChI is InChI=1S/C14H17N3O2/c1-10-9-19-13-5-4-11(16-7-3-6-15)8-12(13)17(2)14(10)18/h3-8,10H,9,15H2,1-2H3/t10-/m0/s1. The number of nitrogens with zero attached hydrogens (tertiary/aromatic N) is 2. The molecule has 0 saturated carbocycles. The van der Waals surface area contributed by atoms with Crippen LogP contribution in [0.15, 0.2) is 35.5 Å². The summed E-state index contributed by atoms with van der Waals surface area (Å²) in [6.45, 7) is 2.25. The number of hydrogen-bond acceptors (Lipinski definition) is 4. The molecule has 5 nitrogen and oxygen atoms in total. The summed E-state index contributed by atoms with van der Waals surface area (Å²) in [5, 5.41) is 0. The highest BCUT2D eigenvalue weighted by atomic mass is 16.5. The number of aliphatic imine (C=N–C) groups is 1. The number of ether oxygens (including phenoxy) is 1. The van der Waals surface area contributed by atoms with Gasteiger partial charge in [-0.3, -0.25) is 9.79 Å². The predicted octanol–water partition coefficient (Wildman–Crippen LogP) is 1.85. The topological polar surface area (TPSA) is 67.9 Å². The first kappa shape index (κ1) is 13.1. The van der Waals surface area contributed by atoms with E-state index in [1.807, 2.05) is 25.1 Å². The van der Waals surface area contributed by atoms with Crippen LogP contribution in [0.1, 0.15) is 6.92 Å². The van der Waals surface area contributed by atoms with Crippen molar-refractivity contribution in [3.63, 3.8) is 0 Å². The van der Waals surface area contributed by atoms with Crippen LogP contribution in [-0.4, -0.2) is 25.8 Å². The smallest absolute Gasteiger partial charge is 0.233 e. The maximum atomic E-state index is 12.1. The van der Waals surface area contributed by atoms with Crippen molar-refractivity contribution in [2.24, 2.45) is 16.6 Å². The maximum absolute atomic E-state index is 12.1. The van der Waals surface area contributed by atoms with Crippen molar-refractivity contribution in [2.75, 3.05) is 18.6 Å². The second-order valence-electron chi connectivity index (χ2n) is 4.42. The Morgan fingerprint density at radius 2 is 2.32 bits per heavy atom. The molecule has 19 heavy (non-hydrogen) atoms. The van der Waals surface area contributed by atoms with Crippen molar-refractivity contribution in [1.29, 1.82) is 0 Å². The molecule has 0 unspecified atom stereocenters. The molecule has 100 valence electrons. The molecular formula is C14H17N3O2. The lowest BCUT2D eigenvalue weighted by Gasteiger charge is -2.17. The summed E-state index contributed by atoms with van der Waals surface area (Å²) in [6.07, 6.45) is 4.65. The van der Waals surface area contributed by atoms with Crippen molar-refractivity contribution in [2.45, 2.75) is 6.92 Å². The molecule has 0 fully saturated rings. The molecule has 0 aromatic heterocycles. The van der Waals surface area contributed by atoms with Gasteiger partial charge in [0.25, 0.3) is 0 Å². The van der Waals surface area contributed by atoms with Crippen LogP contribution in [0.5, 0.6) is 5.75 Å². The van der Waals surface area contributed by atoms with Gasteiger partial charge in [-0.05, 0) is 30.5 Å². The molecule has 0 spiro atoms. The van der Waals surface area contributed by atoms with E-state index < -0.39 is 0 Å². The van der Waals surface area contributed by atoms with E-state index >= 15 is 0 Å². The molecule has 1 aromatic rings. The minimum atomic E-state index is -0.149. The first-order valence-corrected chi connectivity index (χ1v) is 6.09. The molecule has 0 saturated heterocycles. The highest BCUT2D eigenvalue weighted by Gasteiger charge is 2.25. The van der Waals surface area contributed by atoms with Crippen molar-refractivity contribution in [3.05, 3.63) is 30.5 Å². The number of hydrogen-bond donors (Lipinski definition) is 1. The van der Waals surface area contributed by atoms with Gasteiger partial charge < -0.3 is 15.4 Å². The average Bonchev–Trinajstić information content (AvgIpc) is 2.52. The zero-order valence-corrected chi connectivity index (χ0v) is 11.0. The molecule has 0 aliphatic carbocycles. The number of carbonyl (C=O) groups is 1. The lowest BCUT2D eigenvalue weighted by atomic mass is 10.1. The number of amides is 1. The minimum absolute atomic E-state index is 0.0433. The SMILES string of the molecule is C[C@H]1COc2ccc(N=CC=CN)cc2N(C)C1=O. The number of allylic oxidation sites excluding steroid dienone is 1. The molecule has 1 atom stereocenters. The molecule has 1 aliphatic rings. The van der Waals surface area contributed by atoms with E-state index in [1.165, 1.54) is 6.20 Å². The van der Waals surface area contributed by atoms with Gasteiger partial charge in [0.1, 0.15) is 5.75 Å². The quantitative estimate of drug-likeness (QED) is 0.824. The van der Waals surface area contributed by atoms with Crippen LogP contribution in [0, 0.1) is 5.92 Å². The molecule has 1 aromatic carbocycles. The van der Waals surface area contributed by atoms with Gasteiger partial charge in [-0.2, -0.15) is 0 Å². The van der Waals surface area contributed by atoms with E-state index in [0.29, 0.717) is 12.4 Å². The molecule has 1 amide bonds. The Morgan fingerprint density at radius 1 is 1.53 bits per heavy atom. The Labute approximate surface area is 112 Å². The molecule has 0 bridgehead atoms. The molecule has 5 heteroatoms. The highest BCUT2D eigenvalue weighted by molar-refractivity contribution is 5.97. The molecule has 1 heterocycles. The fourth-order valence-electron chi connectivity index (χ4n) is 1.88. The van der Waals surface area contributed by atoms with Gasteiger partial charge in [0.15, 0.2) is 0 Å². The van der Waals surface area contributed by atoms with Crippen LogP contribution in [-0.2, 0) is 4.79 Å². The molecule has 0 radical (unpaired) electrons. The third-order valence-corrected chi connectivity index (χ3v) is 2.97. The summed E-state index contributed by atoms with van der Waals surface area (Å²) in [5.41, 5.74) is 6.72. The van der Waals surface area contributed by atoms with E-state index in [-0.39, 0.29) is 11.8 Å². The van der Waals surface area contributed by atoms with Crippen LogP contribution in [0.4, 0.5) is 11.4 Å². The fraction of sp³-hybridized carbons (Fsp3) is 0.286. The third-order valence-electron chi connectivity index (χ3n) is 2.97. The van der Waals surface area contributed by atoms with Crippen LogP contribution < -0.4 is 15.4 Å². The number of carbonyl (C=O) groups excluding carboxylic acids is 1. The second kappa shape index (κ2) is 5.56. The largest absolute Gasteiger partial charge is 0.491 e. The normalized spacial score (nSPS) is 19.6. The van der Waals surface area contributed by atoms with Crippen LogP contribution in [0.2, 0.25) is 0 Å². The Kier molecular flexibility index (Phi) is 3.85. The number of anilines is 1. The molecule has 2 rings (SSSR count). The highest BCUT2D eigenvalue weighted by Crippen LogP contribution is 2.34. The number of rotatable bonds is 2. The summed E-state index contributed by atoms with van der Waals surface area (Å²) in [5.74, 6) is 0.597. The van der Waals surface area contributed by atoms with E-state index in [0.717, 1.165) is 11.4 Å². The average molecular weight is 259 g/mol. The number of fused-ring (bicyclic) bond motifs is 1. The maximum Gasteiger partial charge on any atom is 0.233 e. The Hall–Kier alpha value is -2.30. The lowest BCUT2D eigenvalue weighted by molar-refractivity contribution is -0.122. The minimum Gasteiger partial charge on any atom is -0.491 e. The van der Waals surface area contributed by atoms with Crippen molar-refractivity contribution in [1.82, 2.24) is 0 Å². The van der Waals surface area contributed by atoms with Gasteiger partial charge in [-0.15, -0.1) is 0 Å². The van der Waals surface area contributed by atoms with Crippen LogP contribution in [0.3, 0.4) is 0 Å². The van der Waals surface area contributed by atoms with Crippen molar-refractivity contribution in [3.8, 4) is 5.75 Å². The summed E-state index contributed by atoms with van der Waals surface area (Å²) in [4.78, 5) is 17.9. The van der Waals surface area contributed by atoms with Gasteiger partial charge in [0.05, 0.1) is 23.9 Å². The predicted molar refractivity (Wildman–Crippen MR) is 76.0 cm³/mol. The Morgan fingerprint density at radius 3 is 3.05 bits per heavy atom. The van der Waals surface area contributed by atoms with Gasteiger partial charge >= 0.3 is 0 Å².